The number of rotatable bonds is 2. The molecular weight excluding hydrogens is 256 g/mol. The molecule has 0 amide bonds. The Balaban J connectivity index is 2.07. The van der Waals surface area contributed by atoms with Gasteiger partial charge < -0.3 is 4.57 Å². The molecule has 1 aliphatic carbocycles. The van der Waals surface area contributed by atoms with Gasteiger partial charge in [-0.15, -0.1) is 11.6 Å². The van der Waals surface area contributed by atoms with Crippen LogP contribution in [0.4, 0.5) is 0 Å². The van der Waals surface area contributed by atoms with E-state index in [1.54, 1.807) is 0 Å². The van der Waals surface area contributed by atoms with E-state index in [1.807, 2.05) is 6.07 Å². The number of hydrogen-bond acceptors (Lipinski definition) is 1. The average molecular weight is 277 g/mol. The summed E-state index contributed by atoms with van der Waals surface area (Å²) in [4.78, 5) is 4.69. The van der Waals surface area contributed by atoms with Gasteiger partial charge in [0.2, 0.25) is 0 Å². The average Bonchev–Trinajstić information content (AvgIpc) is 2.75. The van der Waals surface area contributed by atoms with Crippen molar-refractivity contribution in [3.8, 4) is 0 Å². The van der Waals surface area contributed by atoms with Crippen LogP contribution < -0.4 is 0 Å². The summed E-state index contributed by atoms with van der Waals surface area (Å²) in [7, 11) is 0. The highest BCUT2D eigenvalue weighted by Gasteiger charge is 2.27. The van der Waals surface area contributed by atoms with E-state index in [1.165, 1.54) is 24.8 Å². The normalized spacial score (nSPS) is 27.8. The summed E-state index contributed by atoms with van der Waals surface area (Å²) in [5, 5.41) is 0. The fraction of sp³-hybridized carbons (Fsp3) is 0.562. The summed E-state index contributed by atoms with van der Waals surface area (Å²) < 4.78 is 2.40. The molecule has 1 heterocycles. The van der Waals surface area contributed by atoms with Gasteiger partial charge in [0.05, 0.1) is 16.9 Å². The van der Waals surface area contributed by atoms with Gasteiger partial charge >= 0.3 is 0 Å². The van der Waals surface area contributed by atoms with Crippen molar-refractivity contribution in [1.29, 1.82) is 0 Å². The van der Waals surface area contributed by atoms with E-state index in [9.17, 15) is 0 Å². The Bertz CT molecular complexity index is 565. The summed E-state index contributed by atoms with van der Waals surface area (Å²) >= 11 is 6.11. The molecule has 2 aromatic rings. The van der Waals surface area contributed by atoms with Gasteiger partial charge in [-0.05, 0) is 43.2 Å². The van der Waals surface area contributed by atoms with Crippen LogP contribution in [0.5, 0.6) is 0 Å². The second-order valence-corrected chi connectivity index (χ2v) is 6.36. The van der Waals surface area contributed by atoms with Crippen LogP contribution in [-0.2, 0) is 5.88 Å². The lowest BCUT2D eigenvalue weighted by molar-refractivity contribution is 0.222. The minimum absolute atomic E-state index is 0.494. The van der Waals surface area contributed by atoms with Crippen molar-refractivity contribution in [1.82, 2.24) is 9.55 Å². The van der Waals surface area contributed by atoms with Gasteiger partial charge in [-0.3, -0.25) is 0 Å². The Kier molecular flexibility index (Phi) is 3.53. The molecular formula is C16H21ClN2. The van der Waals surface area contributed by atoms with Crippen molar-refractivity contribution >= 4 is 22.6 Å². The summed E-state index contributed by atoms with van der Waals surface area (Å²) in [6, 6.07) is 8.94. The van der Waals surface area contributed by atoms with Gasteiger partial charge in [0, 0.05) is 6.04 Å². The van der Waals surface area contributed by atoms with E-state index in [0.29, 0.717) is 11.9 Å². The van der Waals surface area contributed by atoms with Crippen LogP contribution in [0.1, 0.15) is 45.0 Å². The fourth-order valence-corrected chi connectivity index (χ4v) is 3.90. The van der Waals surface area contributed by atoms with Crippen molar-refractivity contribution in [3.63, 3.8) is 0 Å². The smallest absolute Gasteiger partial charge is 0.125 e. The number of alkyl halides is 1. The van der Waals surface area contributed by atoms with Crippen LogP contribution >= 0.6 is 11.6 Å². The lowest BCUT2D eigenvalue weighted by Gasteiger charge is -2.33. The first-order chi connectivity index (χ1) is 9.19. The molecule has 3 rings (SSSR count). The van der Waals surface area contributed by atoms with Gasteiger partial charge in [-0.25, -0.2) is 4.98 Å². The molecule has 0 N–H and O–H groups in total. The molecule has 0 saturated heterocycles. The van der Waals surface area contributed by atoms with Crippen LogP contribution in [-0.4, -0.2) is 9.55 Å². The topological polar surface area (TPSA) is 17.8 Å². The Hall–Kier alpha value is -1.02. The molecule has 1 aliphatic rings. The minimum Gasteiger partial charge on any atom is -0.324 e. The number of para-hydroxylation sites is 2. The van der Waals surface area contributed by atoms with Gasteiger partial charge in [-0.1, -0.05) is 26.0 Å². The Morgan fingerprint density at radius 1 is 1.16 bits per heavy atom. The van der Waals surface area contributed by atoms with Crippen molar-refractivity contribution in [3.05, 3.63) is 30.1 Å². The molecule has 102 valence electrons. The second kappa shape index (κ2) is 5.16. The molecule has 0 spiro atoms. The van der Waals surface area contributed by atoms with Gasteiger partial charge in [0.1, 0.15) is 5.82 Å². The highest BCUT2D eigenvalue weighted by atomic mass is 35.5. The lowest BCUT2D eigenvalue weighted by atomic mass is 9.80. The first-order valence-electron chi connectivity index (χ1n) is 7.20. The van der Waals surface area contributed by atoms with Crippen LogP contribution in [0, 0.1) is 11.8 Å². The molecule has 1 saturated carbocycles. The quantitative estimate of drug-likeness (QED) is 0.722. The largest absolute Gasteiger partial charge is 0.324 e. The van der Waals surface area contributed by atoms with Crippen molar-refractivity contribution in [2.45, 2.75) is 45.0 Å². The van der Waals surface area contributed by atoms with Crippen molar-refractivity contribution in [2.24, 2.45) is 11.8 Å². The zero-order valence-electron chi connectivity index (χ0n) is 11.6. The number of imidazole rings is 1. The van der Waals surface area contributed by atoms with E-state index in [-0.39, 0.29) is 0 Å². The van der Waals surface area contributed by atoms with E-state index in [0.717, 1.165) is 23.2 Å². The maximum absolute atomic E-state index is 6.11. The molecule has 19 heavy (non-hydrogen) atoms. The van der Waals surface area contributed by atoms with Gasteiger partial charge in [-0.2, -0.15) is 0 Å². The predicted octanol–water partition coefficient (Wildman–Crippen LogP) is 4.77. The van der Waals surface area contributed by atoms with Crippen molar-refractivity contribution < 1.29 is 0 Å². The van der Waals surface area contributed by atoms with Crippen LogP contribution in [0.25, 0.3) is 11.0 Å². The zero-order valence-corrected chi connectivity index (χ0v) is 12.4. The van der Waals surface area contributed by atoms with Crippen LogP contribution in [0.3, 0.4) is 0 Å². The third-order valence-corrected chi connectivity index (χ3v) is 4.55. The fourth-order valence-electron chi connectivity index (χ4n) is 3.71. The SMILES string of the molecule is CC1CC(C)CC(n2c(CCl)nc3ccccc32)C1. The number of fused-ring (bicyclic) bond motifs is 1. The van der Waals surface area contributed by atoms with E-state index in [2.05, 4.69) is 41.6 Å². The molecule has 0 radical (unpaired) electrons. The van der Waals surface area contributed by atoms with Gasteiger partial charge in [0.15, 0.2) is 0 Å². The third kappa shape index (κ3) is 2.38. The van der Waals surface area contributed by atoms with Crippen LogP contribution in [0.2, 0.25) is 0 Å². The molecule has 2 unspecified atom stereocenters. The summed E-state index contributed by atoms with van der Waals surface area (Å²) in [6.07, 6.45) is 3.84. The second-order valence-electron chi connectivity index (χ2n) is 6.09. The summed E-state index contributed by atoms with van der Waals surface area (Å²) in [5.41, 5.74) is 2.31. The third-order valence-electron chi connectivity index (χ3n) is 4.31. The number of nitrogens with zero attached hydrogens (tertiary/aromatic N) is 2. The first-order valence-corrected chi connectivity index (χ1v) is 7.74. The highest BCUT2D eigenvalue weighted by Crippen LogP contribution is 2.38. The number of benzene rings is 1. The summed E-state index contributed by atoms with van der Waals surface area (Å²) in [5.74, 6) is 3.10. The standard InChI is InChI=1S/C16H21ClN2/c1-11-7-12(2)9-13(8-11)19-15-6-4-3-5-14(15)18-16(19)10-17/h3-6,11-13H,7-10H2,1-2H3. The maximum Gasteiger partial charge on any atom is 0.125 e. The Morgan fingerprint density at radius 3 is 2.53 bits per heavy atom. The molecule has 2 atom stereocenters. The first kappa shape index (κ1) is 13.0. The Labute approximate surface area is 119 Å². The molecule has 0 bridgehead atoms. The monoisotopic (exact) mass is 276 g/mol. The minimum atomic E-state index is 0.494. The van der Waals surface area contributed by atoms with E-state index < -0.39 is 0 Å². The molecule has 0 aliphatic heterocycles. The molecule has 1 aromatic carbocycles. The zero-order chi connectivity index (χ0) is 13.4. The number of aromatic nitrogens is 2. The highest BCUT2D eigenvalue weighted by molar-refractivity contribution is 6.16. The Morgan fingerprint density at radius 2 is 1.84 bits per heavy atom. The number of hydrogen-bond donors (Lipinski definition) is 0. The van der Waals surface area contributed by atoms with Crippen molar-refractivity contribution in [2.75, 3.05) is 0 Å². The van der Waals surface area contributed by atoms with Gasteiger partial charge in [0.25, 0.3) is 0 Å². The maximum atomic E-state index is 6.11. The molecule has 1 aromatic heterocycles. The molecule has 1 fully saturated rings. The lowest BCUT2D eigenvalue weighted by Crippen LogP contribution is -2.23. The number of halogens is 1. The van der Waals surface area contributed by atoms with E-state index >= 15 is 0 Å². The molecule has 2 nitrogen and oxygen atoms in total. The summed E-state index contributed by atoms with van der Waals surface area (Å²) in [6.45, 7) is 4.73. The molecule has 3 heteroatoms. The van der Waals surface area contributed by atoms with Crippen LogP contribution in [0.15, 0.2) is 24.3 Å². The predicted molar refractivity (Wildman–Crippen MR) is 80.5 cm³/mol. The van der Waals surface area contributed by atoms with E-state index in [4.69, 9.17) is 11.6 Å².